The molecule has 4 nitrogen and oxygen atoms in total. The number of nitrogens with two attached hydrogens (primary N) is 1. The van der Waals surface area contributed by atoms with Crippen LogP contribution in [0.2, 0.25) is 0 Å². The minimum absolute atomic E-state index is 0.203. The summed E-state index contributed by atoms with van der Waals surface area (Å²) in [6.07, 6.45) is 1.15. The van der Waals surface area contributed by atoms with Crippen LogP contribution in [0, 0.1) is 0 Å². The van der Waals surface area contributed by atoms with Crippen LogP contribution < -0.4 is 11.3 Å². The van der Waals surface area contributed by atoms with Gasteiger partial charge in [-0.1, -0.05) is 5.57 Å². The molecular formula is C8H16N2O2. The summed E-state index contributed by atoms with van der Waals surface area (Å²) in [5, 5.41) is 0. The summed E-state index contributed by atoms with van der Waals surface area (Å²) in [6, 6.07) is 0. The van der Waals surface area contributed by atoms with Crippen LogP contribution in [-0.2, 0) is 9.53 Å². The third-order valence-corrected chi connectivity index (χ3v) is 1.31. The van der Waals surface area contributed by atoms with Gasteiger partial charge in [-0.05, 0) is 13.3 Å². The molecule has 12 heavy (non-hydrogen) atoms. The molecule has 70 valence electrons. The largest absolute Gasteiger partial charge is 0.381 e. The van der Waals surface area contributed by atoms with Crippen molar-refractivity contribution in [3.63, 3.8) is 0 Å². The Balaban J connectivity index is 3.11. The summed E-state index contributed by atoms with van der Waals surface area (Å²) in [5.74, 6) is 4.66. The zero-order valence-corrected chi connectivity index (χ0v) is 7.43. The second kappa shape index (κ2) is 6.82. The van der Waals surface area contributed by atoms with Crippen LogP contribution in [0.15, 0.2) is 12.2 Å². The zero-order chi connectivity index (χ0) is 9.40. The van der Waals surface area contributed by atoms with E-state index in [1.165, 1.54) is 0 Å². The molecule has 0 atom stereocenters. The number of carbonyl (C=O) groups excluding carboxylic acids is 1. The Bertz CT molecular complexity index is 157. The van der Waals surface area contributed by atoms with Crippen LogP contribution >= 0.6 is 0 Å². The van der Waals surface area contributed by atoms with Crippen molar-refractivity contribution in [1.82, 2.24) is 5.43 Å². The number of amides is 1. The van der Waals surface area contributed by atoms with Crippen LogP contribution in [0.4, 0.5) is 0 Å². The van der Waals surface area contributed by atoms with Crippen LogP contribution in [0.1, 0.15) is 19.8 Å². The fourth-order valence-corrected chi connectivity index (χ4v) is 0.585. The normalized spacial score (nSPS) is 9.50. The van der Waals surface area contributed by atoms with E-state index in [2.05, 4.69) is 6.58 Å². The van der Waals surface area contributed by atoms with Crippen molar-refractivity contribution in [2.75, 3.05) is 13.2 Å². The summed E-state index contributed by atoms with van der Waals surface area (Å²) >= 11 is 0. The molecule has 0 spiro atoms. The molecule has 0 unspecified atom stereocenters. The van der Waals surface area contributed by atoms with Crippen molar-refractivity contribution in [1.29, 1.82) is 0 Å². The number of rotatable bonds is 6. The van der Waals surface area contributed by atoms with Gasteiger partial charge in [0.1, 0.15) is 0 Å². The number of carbonyl (C=O) groups is 1. The first-order valence-corrected chi connectivity index (χ1v) is 3.88. The van der Waals surface area contributed by atoms with Gasteiger partial charge in [-0.2, -0.15) is 0 Å². The SMILES string of the molecule is C=C(C)CCOCCC(=O)NN. The maximum Gasteiger partial charge on any atom is 0.236 e. The Kier molecular flexibility index (Phi) is 6.32. The highest BCUT2D eigenvalue weighted by Gasteiger charge is 1.96. The molecule has 4 heteroatoms. The van der Waals surface area contributed by atoms with Gasteiger partial charge in [-0.25, -0.2) is 5.84 Å². The number of hydrogen-bond donors (Lipinski definition) is 2. The fraction of sp³-hybridized carbons (Fsp3) is 0.625. The van der Waals surface area contributed by atoms with Crippen molar-refractivity contribution >= 4 is 5.91 Å². The first kappa shape index (κ1) is 11.1. The van der Waals surface area contributed by atoms with E-state index in [-0.39, 0.29) is 5.91 Å². The second-order valence-corrected chi connectivity index (χ2v) is 2.64. The Labute approximate surface area is 72.7 Å². The smallest absolute Gasteiger partial charge is 0.236 e. The first-order valence-electron chi connectivity index (χ1n) is 3.88. The lowest BCUT2D eigenvalue weighted by atomic mass is 10.3. The van der Waals surface area contributed by atoms with E-state index < -0.39 is 0 Å². The summed E-state index contributed by atoms with van der Waals surface area (Å²) in [5.41, 5.74) is 3.11. The van der Waals surface area contributed by atoms with Crippen molar-refractivity contribution in [2.45, 2.75) is 19.8 Å². The number of hydrazine groups is 1. The summed E-state index contributed by atoms with van der Waals surface area (Å²) in [7, 11) is 0. The molecule has 0 aliphatic heterocycles. The van der Waals surface area contributed by atoms with E-state index in [1.54, 1.807) is 0 Å². The molecule has 0 aliphatic rings. The van der Waals surface area contributed by atoms with E-state index >= 15 is 0 Å². The topological polar surface area (TPSA) is 64.3 Å². The molecule has 0 saturated carbocycles. The van der Waals surface area contributed by atoms with Crippen molar-refractivity contribution < 1.29 is 9.53 Å². The average Bonchev–Trinajstić information content (AvgIpc) is 2.03. The lowest BCUT2D eigenvalue weighted by molar-refractivity contribution is -0.122. The van der Waals surface area contributed by atoms with Crippen LogP contribution in [-0.4, -0.2) is 19.1 Å². The van der Waals surface area contributed by atoms with E-state index in [9.17, 15) is 4.79 Å². The molecule has 0 aromatic carbocycles. The van der Waals surface area contributed by atoms with Gasteiger partial charge in [0.15, 0.2) is 0 Å². The summed E-state index contributed by atoms with van der Waals surface area (Å²) in [4.78, 5) is 10.6. The fourth-order valence-electron chi connectivity index (χ4n) is 0.585. The maximum absolute atomic E-state index is 10.6. The molecule has 0 saturated heterocycles. The predicted octanol–water partition coefficient (Wildman–Crippen LogP) is 0.349. The van der Waals surface area contributed by atoms with Gasteiger partial charge in [0, 0.05) is 0 Å². The van der Waals surface area contributed by atoms with Crippen molar-refractivity contribution in [2.24, 2.45) is 5.84 Å². The standard InChI is InChI=1S/C8H16N2O2/c1-7(2)3-5-12-6-4-8(11)10-9/h1,3-6,9H2,2H3,(H,10,11). The van der Waals surface area contributed by atoms with E-state index in [1.807, 2.05) is 12.3 Å². The molecular weight excluding hydrogens is 156 g/mol. The predicted molar refractivity (Wildman–Crippen MR) is 47.2 cm³/mol. The van der Waals surface area contributed by atoms with E-state index in [0.717, 1.165) is 12.0 Å². The third kappa shape index (κ3) is 7.24. The van der Waals surface area contributed by atoms with Gasteiger partial charge in [0.05, 0.1) is 19.6 Å². The number of hydrogen-bond acceptors (Lipinski definition) is 3. The van der Waals surface area contributed by atoms with Gasteiger partial charge in [-0.15, -0.1) is 6.58 Å². The van der Waals surface area contributed by atoms with Gasteiger partial charge in [0.2, 0.25) is 5.91 Å². The molecule has 1 amide bonds. The Morgan fingerprint density at radius 1 is 1.50 bits per heavy atom. The Morgan fingerprint density at radius 2 is 2.08 bits per heavy atom. The Hall–Kier alpha value is -0.870. The first-order chi connectivity index (χ1) is 5.66. The molecule has 3 N–H and O–H groups in total. The minimum atomic E-state index is -0.203. The van der Waals surface area contributed by atoms with E-state index in [0.29, 0.717) is 19.6 Å². The molecule has 0 heterocycles. The quantitative estimate of drug-likeness (QED) is 0.200. The highest BCUT2D eigenvalue weighted by Crippen LogP contribution is 1.95. The average molecular weight is 172 g/mol. The molecule has 0 bridgehead atoms. The maximum atomic E-state index is 10.6. The van der Waals surface area contributed by atoms with Crippen molar-refractivity contribution in [3.8, 4) is 0 Å². The molecule has 0 aromatic heterocycles. The third-order valence-electron chi connectivity index (χ3n) is 1.31. The highest BCUT2D eigenvalue weighted by atomic mass is 16.5. The number of ether oxygens (including phenoxy) is 1. The van der Waals surface area contributed by atoms with Gasteiger partial charge < -0.3 is 4.74 Å². The lowest BCUT2D eigenvalue weighted by Gasteiger charge is -2.02. The summed E-state index contributed by atoms with van der Waals surface area (Å²) < 4.78 is 5.14. The van der Waals surface area contributed by atoms with Crippen LogP contribution in [0.25, 0.3) is 0 Å². The lowest BCUT2D eigenvalue weighted by Crippen LogP contribution is -2.30. The number of nitrogens with one attached hydrogen (secondary N) is 1. The molecule has 0 aliphatic carbocycles. The second-order valence-electron chi connectivity index (χ2n) is 2.64. The minimum Gasteiger partial charge on any atom is -0.381 e. The zero-order valence-electron chi connectivity index (χ0n) is 7.43. The van der Waals surface area contributed by atoms with Crippen LogP contribution in [0.3, 0.4) is 0 Å². The summed E-state index contributed by atoms with van der Waals surface area (Å²) in [6.45, 7) is 6.70. The Morgan fingerprint density at radius 3 is 2.58 bits per heavy atom. The van der Waals surface area contributed by atoms with Gasteiger partial charge in [0.25, 0.3) is 0 Å². The molecule has 0 fully saturated rings. The molecule has 0 radical (unpaired) electrons. The highest BCUT2D eigenvalue weighted by molar-refractivity contribution is 5.75. The van der Waals surface area contributed by atoms with Crippen LogP contribution in [0.5, 0.6) is 0 Å². The van der Waals surface area contributed by atoms with E-state index in [4.69, 9.17) is 10.6 Å². The van der Waals surface area contributed by atoms with Crippen molar-refractivity contribution in [3.05, 3.63) is 12.2 Å². The monoisotopic (exact) mass is 172 g/mol. The van der Waals surface area contributed by atoms with Gasteiger partial charge >= 0.3 is 0 Å². The van der Waals surface area contributed by atoms with Gasteiger partial charge in [-0.3, -0.25) is 10.2 Å². The molecule has 0 aromatic rings. The molecule has 0 rings (SSSR count).